The summed E-state index contributed by atoms with van der Waals surface area (Å²) in [6.45, 7) is 0. The Hall–Kier alpha value is -3.03. The number of imidazole rings is 2. The molecule has 0 spiro atoms. The molecular weight excluding hydrogens is 248 g/mol. The SMILES string of the molecule is O=[N+]([O-])c1ccc(-n2ccnc2)nc1-n1ccnc1. The van der Waals surface area contributed by atoms with Crippen molar-refractivity contribution in [2.24, 2.45) is 0 Å². The van der Waals surface area contributed by atoms with Crippen molar-refractivity contribution in [2.75, 3.05) is 0 Å². The second-order valence-electron chi connectivity index (χ2n) is 3.71. The van der Waals surface area contributed by atoms with E-state index in [9.17, 15) is 10.1 Å². The zero-order valence-corrected chi connectivity index (χ0v) is 9.62. The van der Waals surface area contributed by atoms with Gasteiger partial charge in [-0.05, 0) is 6.07 Å². The van der Waals surface area contributed by atoms with E-state index < -0.39 is 4.92 Å². The molecule has 0 fully saturated rings. The highest BCUT2D eigenvalue weighted by Crippen LogP contribution is 2.22. The van der Waals surface area contributed by atoms with Crippen LogP contribution < -0.4 is 0 Å². The molecule has 0 N–H and O–H groups in total. The summed E-state index contributed by atoms with van der Waals surface area (Å²) in [5.74, 6) is 0.764. The van der Waals surface area contributed by atoms with Gasteiger partial charge in [-0.25, -0.2) is 15.0 Å². The van der Waals surface area contributed by atoms with Crippen LogP contribution in [0.3, 0.4) is 0 Å². The fraction of sp³-hybridized carbons (Fsp3) is 0. The number of aromatic nitrogens is 5. The standard InChI is InChI=1S/C11H8N6O2/c18-17(19)9-1-2-10(15-5-3-12-7-15)14-11(9)16-6-4-13-8-16/h1-8H. The minimum atomic E-state index is -0.472. The molecule has 3 rings (SSSR count). The molecule has 0 bridgehead atoms. The molecular formula is C11H8N6O2. The smallest absolute Gasteiger partial charge is 0.290 e. The third-order valence-corrected chi connectivity index (χ3v) is 2.55. The molecule has 3 aromatic heterocycles. The zero-order valence-electron chi connectivity index (χ0n) is 9.62. The number of rotatable bonds is 3. The normalized spacial score (nSPS) is 10.5. The molecule has 0 amide bonds. The van der Waals surface area contributed by atoms with Crippen molar-refractivity contribution in [2.45, 2.75) is 0 Å². The van der Waals surface area contributed by atoms with Crippen LogP contribution in [0.5, 0.6) is 0 Å². The van der Waals surface area contributed by atoms with Crippen molar-refractivity contribution in [3.05, 3.63) is 59.7 Å². The average Bonchev–Trinajstić information content (AvgIpc) is 3.11. The summed E-state index contributed by atoms with van der Waals surface area (Å²) in [5.41, 5.74) is -0.0816. The maximum atomic E-state index is 11.0. The predicted octanol–water partition coefficient (Wildman–Crippen LogP) is 1.36. The molecule has 0 aromatic carbocycles. The average molecular weight is 256 g/mol. The second-order valence-corrected chi connectivity index (χ2v) is 3.71. The van der Waals surface area contributed by atoms with Gasteiger partial charge in [-0.3, -0.25) is 19.2 Å². The first kappa shape index (κ1) is 11.1. The van der Waals surface area contributed by atoms with Gasteiger partial charge in [-0.1, -0.05) is 0 Å². The minimum absolute atomic E-state index is 0.0816. The van der Waals surface area contributed by atoms with Crippen molar-refractivity contribution >= 4 is 5.69 Å². The Kier molecular flexibility index (Phi) is 2.53. The Balaban J connectivity index is 2.18. The molecule has 0 saturated carbocycles. The minimum Gasteiger partial charge on any atom is -0.290 e. The van der Waals surface area contributed by atoms with Gasteiger partial charge in [0.25, 0.3) is 0 Å². The molecule has 0 aliphatic carbocycles. The van der Waals surface area contributed by atoms with Crippen LogP contribution in [-0.4, -0.2) is 29.0 Å². The monoisotopic (exact) mass is 256 g/mol. The lowest BCUT2D eigenvalue weighted by atomic mass is 10.3. The third-order valence-electron chi connectivity index (χ3n) is 2.55. The van der Waals surface area contributed by atoms with E-state index >= 15 is 0 Å². The van der Waals surface area contributed by atoms with E-state index in [0.29, 0.717) is 5.82 Å². The Morgan fingerprint density at radius 2 is 1.74 bits per heavy atom. The van der Waals surface area contributed by atoms with Crippen LogP contribution in [0, 0.1) is 10.1 Å². The van der Waals surface area contributed by atoms with Gasteiger partial charge < -0.3 is 0 Å². The van der Waals surface area contributed by atoms with Crippen LogP contribution in [0.1, 0.15) is 0 Å². The number of hydrogen-bond donors (Lipinski definition) is 0. The van der Waals surface area contributed by atoms with Crippen molar-refractivity contribution in [1.82, 2.24) is 24.1 Å². The van der Waals surface area contributed by atoms with Crippen LogP contribution in [0.15, 0.2) is 49.6 Å². The highest BCUT2D eigenvalue weighted by molar-refractivity contribution is 5.50. The van der Waals surface area contributed by atoms with E-state index in [1.165, 1.54) is 23.2 Å². The van der Waals surface area contributed by atoms with E-state index in [1.54, 1.807) is 35.6 Å². The molecule has 0 atom stereocenters. The largest absolute Gasteiger partial charge is 0.312 e. The summed E-state index contributed by atoms with van der Waals surface area (Å²) < 4.78 is 3.17. The summed E-state index contributed by atoms with van der Waals surface area (Å²) in [6, 6.07) is 2.98. The second kappa shape index (κ2) is 4.33. The van der Waals surface area contributed by atoms with E-state index in [0.717, 1.165) is 0 Å². The van der Waals surface area contributed by atoms with Gasteiger partial charge in [-0.15, -0.1) is 0 Å². The molecule has 0 aliphatic rings. The highest BCUT2D eigenvalue weighted by atomic mass is 16.6. The van der Waals surface area contributed by atoms with Crippen LogP contribution in [0.25, 0.3) is 11.6 Å². The zero-order chi connectivity index (χ0) is 13.2. The topological polar surface area (TPSA) is 91.7 Å². The molecule has 94 valence electrons. The lowest BCUT2D eigenvalue weighted by Gasteiger charge is -2.06. The van der Waals surface area contributed by atoms with Gasteiger partial charge >= 0.3 is 5.69 Å². The number of pyridine rings is 1. The van der Waals surface area contributed by atoms with Gasteiger partial charge in [0.2, 0.25) is 5.82 Å². The molecule has 0 saturated heterocycles. The third kappa shape index (κ3) is 1.95. The first-order valence-corrected chi connectivity index (χ1v) is 5.38. The molecule has 8 nitrogen and oxygen atoms in total. The molecule has 8 heteroatoms. The molecule has 0 aliphatic heterocycles. The van der Waals surface area contributed by atoms with Crippen molar-refractivity contribution in [3.63, 3.8) is 0 Å². The van der Waals surface area contributed by atoms with Crippen molar-refractivity contribution in [1.29, 1.82) is 0 Å². The lowest BCUT2D eigenvalue weighted by Crippen LogP contribution is -2.04. The first-order valence-electron chi connectivity index (χ1n) is 5.38. The predicted molar refractivity (Wildman–Crippen MR) is 65.1 cm³/mol. The quantitative estimate of drug-likeness (QED) is 0.521. The molecule has 0 unspecified atom stereocenters. The van der Waals surface area contributed by atoms with Gasteiger partial charge in [-0.2, -0.15) is 0 Å². The van der Waals surface area contributed by atoms with Gasteiger partial charge in [0.1, 0.15) is 18.5 Å². The Labute approximate surface area is 107 Å². The van der Waals surface area contributed by atoms with Gasteiger partial charge in [0, 0.05) is 30.9 Å². The summed E-state index contributed by atoms with van der Waals surface area (Å²) in [5, 5.41) is 11.0. The van der Waals surface area contributed by atoms with Crippen molar-refractivity contribution in [3.8, 4) is 11.6 Å². The van der Waals surface area contributed by atoms with Gasteiger partial charge in [0.05, 0.1) is 4.92 Å². The molecule has 0 radical (unpaired) electrons. The van der Waals surface area contributed by atoms with Crippen molar-refractivity contribution < 1.29 is 4.92 Å². The maximum absolute atomic E-state index is 11.0. The Morgan fingerprint density at radius 3 is 2.32 bits per heavy atom. The molecule has 3 aromatic rings. The fourth-order valence-corrected chi connectivity index (χ4v) is 1.69. The maximum Gasteiger partial charge on any atom is 0.312 e. The van der Waals surface area contributed by atoms with E-state index in [2.05, 4.69) is 15.0 Å². The van der Waals surface area contributed by atoms with Gasteiger partial charge in [0.15, 0.2) is 0 Å². The Bertz CT molecular complexity index is 705. The molecule has 3 heterocycles. The summed E-state index contributed by atoms with van der Waals surface area (Å²) >= 11 is 0. The van der Waals surface area contributed by atoms with E-state index in [-0.39, 0.29) is 11.5 Å². The Morgan fingerprint density at radius 1 is 1.05 bits per heavy atom. The summed E-state index contributed by atoms with van der Waals surface area (Å²) in [7, 11) is 0. The number of nitro groups is 1. The van der Waals surface area contributed by atoms with E-state index in [4.69, 9.17) is 0 Å². The fourth-order valence-electron chi connectivity index (χ4n) is 1.69. The number of hydrogen-bond acceptors (Lipinski definition) is 5. The van der Waals surface area contributed by atoms with Crippen LogP contribution in [-0.2, 0) is 0 Å². The number of nitrogens with zero attached hydrogens (tertiary/aromatic N) is 6. The van der Waals surface area contributed by atoms with Crippen LogP contribution in [0.4, 0.5) is 5.69 Å². The lowest BCUT2D eigenvalue weighted by molar-refractivity contribution is -0.384. The molecule has 19 heavy (non-hydrogen) atoms. The van der Waals surface area contributed by atoms with Crippen LogP contribution in [0.2, 0.25) is 0 Å². The van der Waals surface area contributed by atoms with Crippen LogP contribution >= 0.6 is 0 Å². The summed E-state index contributed by atoms with van der Waals surface area (Å²) in [4.78, 5) is 22.6. The van der Waals surface area contributed by atoms with E-state index in [1.807, 2.05) is 0 Å². The highest BCUT2D eigenvalue weighted by Gasteiger charge is 2.17. The first-order chi connectivity index (χ1) is 9.25. The summed E-state index contributed by atoms with van der Waals surface area (Å²) in [6.07, 6.45) is 9.51.